The highest BCUT2D eigenvalue weighted by atomic mass is 16.2. The van der Waals surface area contributed by atoms with Gasteiger partial charge in [0.15, 0.2) is 0 Å². The molecule has 0 aromatic heterocycles. The number of carbonyl (C=O) groups is 2. The molecule has 0 aliphatic heterocycles. The quantitative estimate of drug-likeness (QED) is 0.711. The van der Waals surface area contributed by atoms with E-state index in [2.05, 4.69) is 22.5 Å². The molecular weight excluding hydrogens is 242 g/mol. The fourth-order valence-electron chi connectivity index (χ4n) is 1.42. The molecule has 19 heavy (non-hydrogen) atoms. The van der Waals surface area contributed by atoms with E-state index in [1.807, 2.05) is 13.8 Å². The second-order valence-electron chi connectivity index (χ2n) is 4.33. The van der Waals surface area contributed by atoms with Crippen LogP contribution in [0.5, 0.6) is 0 Å². The molecule has 0 saturated carbocycles. The minimum Gasteiger partial charge on any atom is -0.350 e. The molecule has 3 N–H and O–H groups in total. The van der Waals surface area contributed by atoms with Gasteiger partial charge in [-0.1, -0.05) is 12.1 Å². The second-order valence-corrected chi connectivity index (χ2v) is 4.33. The third kappa shape index (κ3) is 5.25. The van der Waals surface area contributed by atoms with Crippen molar-refractivity contribution in [2.75, 3.05) is 11.9 Å². The summed E-state index contributed by atoms with van der Waals surface area (Å²) < 4.78 is 0. The molecule has 0 saturated heterocycles. The van der Waals surface area contributed by atoms with E-state index in [0.29, 0.717) is 17.8 Å². The van der Waals surface area contributed by atoms with Gasteiger partial charge in [-0.15, -0.1) is 6.58 Å². The van der Waals surface area contributed by atoms with Crippen molar-refractivity contribution >= 4 is 17.6 Å². The van der Waals surface area contributed by atoms with E-state index in [9.17, 15) is 9.59 Å². The lowest BCUT2D eigenvalue weighted by atomic mass is 10.2. The monoisotopic (exact) mass is 261 g/mol. The van der Waals surface area contributed by atoms with Crippen molar-refractivity contribution in [1.82, 2.24) is 10.6 Å². The van der Waals surface area contributed by atoms with Gasteiger partial charge in [0.2, 0.25) is 0 Å². The van der Waals surface area contributed by atoms with E-state index in [1.54, 1.807) is 30.3 Å². The first-order valence-corrected chi connectivity index (χ1v) is 6.09. The first kappa shape index (κ1) is 14.8. The minimum absolute atomic E-state index is 0.0694. The van der Waals surface area contributed by atoms with Crippen LogP contribution in [-0.4, -0.2) is 24.5 Å². The van der Waals surface area contributed by atoms with Gasteiger partial charge in [-0.25, -0.2) is 4.79 Å². The number of amides is 3. The maximum atomic E-state index is 11.8. The van der Waals surface area contributed by atoms with E-state index in [4.69, 9.17) is 0 Å². The molecule has 3 amide bonds. The summed E-state index contributed by atoms with van der Waals surface area (Å²) in [7, 11) is 0. The van der Waals surface area contributed by atoms with Crippen molar-refractivity contribution in [3.63, 3.8) is 0 Å². The number of benzene rings is 1. The Morgan fingerprint density at radius 3 is 2.74 bits per heavy atom. The second kappa shape index (κ2) is 7.20. The highest BCUT2D eigenvalue weighted by molar-refractivity contribution is 5.97. The van der Waals surface area contributed by atoms with Gasteiger partial charge in [-0.05, 0) is 32.0 Å². The lowest BCUT2D eigenvalue weighted by molar-refractivity contribution is 0.0943. The number of hydrogen-bond acceptors (Lipinski definition) is 2. The molecule has 0 radical (unpaired) electrons. The predicted octanol–water partition coefficient (Wildman–Crippen LogP) is 2.13. The Hall–Kier alpha value is -2.30. The van der Waals surface area contributed by atoms with Crippen LogP contribution in [-0.2, 0) is 0 Å². The molecule has 0 atom stereocenters. The molecule has 1 aromatic carbocycles. The van der Waals surface area contributed by atoms with Gasteiger partial charge in [0, 0.05) is 23.8 Å². The first-order valence-electron chi connectivity index (χ1n) is 6.09. The first-order chi connectivity index (χ1) is 9.02. The molecule has 5 nitrogen and oxygen atoms in total. The average molecular weight is 261 g/mol. The van der Waals surface area contributed by atoms with Crippen LogP contribution in [0.3, 0.4) is 0 Å². The van der Waals surface area contributed by atoms with Gasteiger partial charge in [0.1, 0.15) is 0 Å². The van der Waals surface area contributed by atoms with Crippen LogP contribution in [0, 0.1) is 0 Å². The highest BCUT2D eigenvalue weighted by Crippen LogP contribution is 2.10. The molecule has 0 heterocycles. The van der Waals surface area contributed by atoms with E-state index >= 15 is 0 Å². The fraction of sp³-hybridized carbons (Fsp3) is 0.286. The normalized spacial score (nSPS) is 9.84. The zero-order valence-corrected chi connectivity index (χ0v) is 11.2. The Kier molecular flexibility index (Phi) is 5.60. The smallest absolute Gasteiger partial charge is 0.319 e. The number of hydrogen-bond donors (Lipinski definition) is 3. The molecule has 1 aromatic rings. The molecule has 0 unspecified atom stereocenters. The van der Waals surface area contributed by atoms with Crippen LogP contribution in [0.25, 0.3) is 0 Å². The molecule has 0 aliphatic carbocycles. The Balaban J connectivity index is 2.69. The van der Waals surface area contributed by atoms with Crippen molar-refractivity contribution < 1.29 is 9.59 Å². The molecule has 0 spiro atoms. The Morgan fingerprint density at radius 1 is 1.37 bits per heavy atom. The number of rotatable bonds is 5. The lowest BCUT2D eigenvalue weighted by Crippen LogP contribution is -2.30. The maximum Gasteiger partial charge on any atom is 0.319 e. The SMILES string of the molecule is C=CCNC(=O)Nc1cccc(C(=O)NC(C)C)c1. The Bertz CT molecular complexity index is 470. The lowest BCUT2D eigenvalue weighted by Gasteiger charge is -2.10. The molecule has 0 fully saturated rings. The molecule has 5 heteroatoms. The number of anilines is 1. The summed E-state index contributed by atoms with van der Waals surface area (Å²) in [5, 5.41) is 8.03. The van der Waals surface area contributed by atoms with Gasteiger partial charge in [0.25, 0.3) is 5.91 Å². The summed E-state index contributed by atoms with van der Waals surface area (Å²) in [5.74, 6) is -0.162. The minimum atomic E-state index is -0.332. The molecular formula is C14H19N3O2. The van der Waals surface area contributed by atoms with Gasteiger partial charge in [-0.3, -0.25) is 4.79 Å². The number of nitrogens with one attached hydrogen (secondary N) is 3. The highest BCUT2D eigenvalue weighted by Gasteiger charge is 2.08. The van der Waals surface area contributed by atoms with Gasteiger partial charge in [-0.2, -0.15) is 0 Å². The Morgan fingerprint density at radius 2 is 2.11 bits per heavy atom. The van der Waals surface area contributed by atoms with Gasteiger partial charge >= 0.3 is 6.03 Å². The van der Waals surface area contributed by atoms with E-state index in [0.717, 1.165) is 0 Å². The number of carbonyl (C=O) groups excluding carboxylic acids is 2. The summed E-state index contributed by atoms with van der Waals surface area (Å²) in [6.45, 7) is 7.68. The standard InChI is InChI=1S/C14H19N3O2/c1-4-8-15-14(19)17-12-7-5-6-11(9-12)13(18)16-10(2)3/h4-7,9-10H,1,8H2,2-3H3,(H,16,18)(H2,15,17,19). The summed E-state index contributed by atoms with van der Waals surface area (Å²) in [6.07, 6.45) is 1.59. The van der Waals surface area contributed by atoms with E-state index in [1.165, 1.54) is 0 Å². The molecule has 0 aliphatic rings. The largest absolute Gasteiger partial charge is 0.350 e. The third-order valence-electron chi connectivity index (χ3n) is 2.21. The van der Waals surface area contributed by atoms with Crippen LogP contribution < -0.4 is 16.0 Å². The van der Waals surface area contributed by atoms with Crippen molar-refractivity contribution in [1.29, 1.82) is 0 Å². The van der Waals surface area contributed by atoms with Crippen molar-refractivity contribution in [3.05, 3.63) is 42.5 Å². The van der Waals surface area contributed by atoms with E-state index in [-0.39, 0.29) is 18.0 Å². The summed E-state index contributed by atoms with van der Waals surface area (Å²) in [4.78, 5) is 23.3. The molecule has 0 bridgehead atoms. The van der Waals surface area contributed by atoms with Crippen molar-refractivity contribution in [2.24, 2.45) is 0 Å². The Labute approximate surface area is 113 Å². The van der Waals surface area contributed by atoms with Crippen LogP contribution in [0.2, 0.25) is 0 Å². The predicted molar refractivity (Wildman–Crippen MR) is 76.3 cm³/mol. The summed E-state index contributed by atoms with van der Waals surface area (Å²) in [6, 6.07) is 6.51. The van der Waals surface area contributed by atoms with Crippen LogP contribution >= 0.6 is 0 Å². The number of urea groups is 1. The van der Waals surface area contributed by atoms with Gasteiger partial charge in [0.05, 0.1) is 0 Å². The maximum absolute atomic E-state index is 11.8. The van der Waals surface area contributed by atoms with Gasteiger partial charge < -0.3 is 16.0 Å². The summed E-state index contributed by atoms with van der Waals surface area (Å²) in [5.41, 5.74) is 1.08. The van der Waals surface area contributed by atoms with Crippen LogP contribution in [0.4, 0.5) is 10.5 Å². The van der Waals surface area contributed by atoms with Crippen LogP contribution in [0.15, 0.2) is 36.9 Å². The third-order valence-corrected chi connectivity index (χ3v) is 2.21. The van der Waals surface area contributed by atoms with Crippen molar-refractivity contribution in [2.45, 2.75) is 19.9 Å². The van der Waals surface area contributed by atoms with E-state index < -0.39 is 0 Å². The van der Waals surface area contributed by atoms with Crippen molar-refractivity contribution in [3.8, 4) is 0 Å². The van der Waals surface area contributed by atoms with Crippen LogP contribution in [0.1, 0.15) is 24.2 Å². The fourth-order valence-corrected chi connectivity index (χ4v) is 1.42. The average Bonchev–Trinajstić information content (AvgIpc) is 2.36. The zero-order valence-electron chi connectivity index (χ0n) is 11.2. The molecule has 102 valence electrons. The zero-order chi connectivity index (χ0) is 14.3. The topological polar surface area (TPSA) is 70.2 Å². The molecule has 1 rings (SSSR count). The summed E-state index contributed by atoms with van der Waals surface area (Å²) >= 11 is 0.